The molecule has 1 saturated heterocycles. The van der Waals surface area contributed by atoms with Crippen LogP contribution in [0.3, 0.4) is 0 Å². The van der Waals surface area contributed by atoms with Gasteiger partial charge in [0.2, 0.25) is 17.7 Å². The number of amides is 4. The average molecular weight is 511 g/mol. The zero-order valence-corrected chi connectivity index (χ0v) is 20.9. The third-order valence-corrected chi connectivity index (χ3v) is 7.13. The number of benzene rings is 3. The molecule has 3 aromatic carbocycles. The summed E-state index contributed by atoms with van der Waals surface area (Å²) < 4.78 is 0. The first-order valence-electron chi connectivity index (χ1n) is 12.8. The van der Waals surface area contributed by atoms with Crippen LogP contribution in [0.1, 0.15) is 35.4 Å². The van der Waals surface area contributed by atoms with Gasteiger partial charge < -0.3 is 20.9 Å². The summed E-state index contributed by atoms with van der Waals surface area (Å²) in [5.41, 5.74) is 3.43. The highest BCUT2D eigenvalue weighted by Gasteiger charge is 2.41. The first kappa shape index (κ1) is 25.2. The van der Waals surface area contributed by atoms with E-state index < -0.39 is 18.0 Å². The Bertz CT molecular complexity index is 1330. The number of nitrogens with one attached hydrogen (secondary N) is 3. The van der Waals surface area contributed by atoms with Crippen LogP contribution in [0.5, 0.6) is 0 Å². The molecule has 8 nitrogen and oxygen atoms in total. The molecule has 0 aromatic heterocycles. The maximum absolute atomic E-state index is 14.2. The Morgan fingerprint density at radius 2 is 1.58 bits per heavy atom. The molecule has 0 aliphatic carbocycles. The molecular formula is C30H30N4O4. The summed E-state index contributed by atoms with van der Waals surface area (Å²) in [5.74, 6) is -1.60. The van der Waals surface area contributed by atoms with E-state index in [1.54, 1.807) is 0 Å². The molecule has 38 heavy (non-hydrogen) atoms. The number of fused-ring (bicyclic) bond motifs is 1. The van der Waals surface area contributed by atoms with Crippen LogP contribution in [0.2, 0.25) is 0 Å². The van der Waals surface area contributed by atoms with Crippen molar-refractivity contribution in [3.05, 3.63) is 102 Å². The lowest BCUT2D eigenvalue weighted by atomic mass is 9.86. The molecule has 0 unspecified atom stereocenters. The van der Waals surface area contributed by atoms with Gasteiger partial charge >= 0.3 is 0 Å². The molecular weight excluding hydrogens is 480 g/mol. The summed E-state index contributed by atoms with van der Waals surface area (Å²) in [4.78, 5) is 53.6. The lowest BCUT2D eigenvalue weighted by molar-refractivity contribution is -0.130. The smallest absolute Gasteiger partial charge is 0.250 e. The number of para-hydroxylation sites is 1. The number of carbonyl (C=O) groups excluding carboxylic acids is 4. The molecule has 2 heterocycles. The first-order valence-corrected chi connectivity index (χ1v) is 12.8. The van der Waals surface area contributed by atoms with E-state index in [4.69, 9.17) is 0 Å². The van der Waals surface area contributed by atoms with E-state index in [0.29, 0.717) is 25.1 Å². The highest BCUT2D eigenvalue weighted by molar-refractivity contribution is 6.05. The molecule has 4 amide bonds. The monoisotopic (exact) mass is 510 g/mol. The van der Waals surface area contributed by atoms with Gasteiger partial charge in [-0.3, -0.25) is 19.2 Å². The van der Waals surface area contributed by atoms with Crippen molar-refractivity contribution in [2.75, 3.05) is 11.4 Å². The van der Waals surface area contributed by atoms with E-state index in [9.17, 15) is 19.2 Å². The van der Waals surface area contributed by atoms with Gasteiger partial charge in [0, 0.05) is 24.6 Å². The summed E-state index contributed by atoms with van der Waals surface area (Å²) >= 11 is 0. The maximum Gasteiger partial charge on any atom is 0.250 e. The standard InChI is InChI=1S/C30H30N4O4/c35-26-16-15-24(32-26)29(37)33-28-23(21-11-5-2-6-12-21)17-22-13-7-8-14-25(22)34(30(28)38)19-27(36)31-18-20-9-3-1-4-10-20/h1-14,23-24,28H,15-19H2,(H,31,36)(H,32,35)(H,33,37)/t23-,24+,28+/m1/s1. The SMILES string of the molecule is O=C(CN1C(=O)[C@@H](NC(=O)[C@@H]2CCC(=O)N2)[C@@H](c2ccccc2)Cc2ccccc21)NCc1ccccc1. The van der Waals surface area contributed by atoms with Gasteiger partial charge in [0.25, 0.3) is 5.91 Å². The molecule has 0 radical (unpaired) electrons. The van der Waals surface area contributed by atoms with Crippen molar-refractivity contribution in [2.45, 2.75) is 43.8 Å². The first-order chi connectivity index (χ1) is 18.5. The molecule has 194 valence electrons. The minimum atomic E-state index is -0.920. The second kappa shape index (κ2) is 11.3. The number of carbonyl (C=O) groups is 4. The van der Waals surface area contributed by atoms with Crippen molar-refractivity contribution in [2.24, 2.45) is 0 Å². The quantitative estimate of drug-likeness (QED) is 0.454. The Hall–Kier alpha value is -4.46. The zero-order valence-electron chi connectivity index (χ0n) is 20.9. The predicted molar refractivity (Wildman–Crippen MR) is 143 cm³/mol. The molecule has 0 bridgehead atoms. The van der Waals surface area contributed by atoms with Crippen LogP contribution in [-0.2, 0) is 32.1 Å². The predicted octanol–water partition coefficient (Wildman–Crippen LogP) is 2.44. The van der Waals surface area contributed by atoms with E-state index >= 15 is 0 Å². The lowest BCUT2D eigenvalue weighted by Gasteiger charge is -2.30. The fourth-order valence-electron chi connectivity index (χ4n) is 5.16. The Kier molecular flexibility index (Phi) is 7.49. The van der Waals surface area contributed by atoms with Crippen molar-refractivity contribution in [1.82, 2.24) is 16.0 Å². The van der Waals surface area contributed by atoms with Gasteiger partial charge in [-0.25, -0.2) is 0 Å². The normalized spacial score (nSPS) is 20.7. The average Bonchev–Trinajstić information content (AvgIpc) is 3.35. The molecule has 0 spiro atoms. The molecule has 5 rings (SSSR count). The molecule has 3 N–H and O–H groups in total. The van der Waals surface area contributed by atoms with Crippen LogP contribution in [0.4, 0.5) is 5.69 Å². The van der Waals surface area contributed by atoms with Gasteiger partial charge in [0.1, 0.15) is 18.6 Å². The Morgan fingerprint density at radius 3 is 2.29 bits per heavy atom. The summed E-state index contributed by atoms with van der Waals surface area (Å²) in [6, 6.07) is 25.1. The number of anilines is 1. The van der Waals surface area contributed by atoms with Crippen LogP contribution in [0, 0.1) is 0 Å². The van der Waals surface area contributed by atoms with E-state index in [-0.39, 0.29) is 36.6 Å². The van der Waals surface area contributed by atoms with Gasteiger partial charge in [-0.1, -0.05) is 78.9 Å². The highest BCUT2D eigenvalue weighted by atomic mass is 16.2. The van der Waals surface area contributed by atoms with Crippen molar-refractivity contribution in [3.63, 3.8) is 0 Å². The Balaban J connectivity index is 1.44. The van der Waals surface area contributed by atoms with E-state index in [0.717, 1.165) is 16.7 Å². The summed E-state index contributed by atoms with van der Waals surface area (Å²) in [7, 11) is 0. The van der Waals surface area contributed by atoms with Crippen molar-refractivity contribution < 1.29 is 19.2 Å². The number of rotatable bonds is 7. The summed E-state index contributed by atoms with van der Waals surface area (Å²) in [6.45, 7) is 0.161. The third kappa shape index (κ3) is 5.59. The molecule has 3 aromatic rings. The molecule has 1 fully saturated rings. The molecule has 3 atom stereocenters. The lowest BCUT2D eigenvalue weighted by Crippen LogP contribution is -2.55. The van der Waals surface area contributed by atoms with Gasteiger partial charge in [0.15, 0.2) is 0 Å². The summed E-state index contributed by atoms with van der Waals surface area (Å²) in [5, 5.41) is 8.52. The summed E-state index contributed by atoms with van der Waals surface area (Å²) in [6.07, 6.45) is 1.15. The Labute approximate surface area is 221 Å². The van der Waals surface area contributed by atoms with Crippen molar-refractivity contribution >= 4 is 29.3 Å². The highest BCUT2D eigenvalue weighted by Crippen LogP contribution is 2.35. The molecule has 2 aliphatic rings. The largest absolute Gasteiger partial charge is 0.350 e. The molecule has 2 aliphatic heterocycles. The topological polar surface area (TPSA) is 108 Å². The minimum absolute atomic E-state index is 0.180. The fourth-order valence-corrected chi connectivity index (χ4v) is 5.16. The minimum Gasteiger partial charge on any atom is -0.350 e. The van der Waals surface area contributed by atoms with Gasteiger partial charge in [-0.05, 0) is 35.6 Å². The third-order valence-electron chi connectivity index (χ3n) is 7.13. The van der Waals surface area contributed by atoms with Gasteiger partial charge in [0.05, 0.1) is 0 Å². The van der Waals surface area contributed by atoms with Crippen molar-refractivity contribution in [3.8, 4) is 0 Å². The molecule has 0 saturated carbocycles. The second-order valence-electron chi connectivity index (χ2n) is 9.68. The second-order valence-corrected chi connectivity index (χ2v) is 9.68. The number of hydrogen-bond acceptors (Lipinski definition) is 4. The van der Waals surface area contributed by atoms with Crippen LogP contribution >= 0.6 is 0 Å². The van der Waals surface area contributed by atoms with Gasteiger partial charge in [-0.15, -0.1) is 0 Å². The van der Waals surface area contributed by atoms with Gasteiger partial charge in [-0.2, -0.15) is 0 Å². The van der Waals surface area contributed by atoms with Crippen molar-refractivity contribution in [1.29, 1.82) is 0 Å². The van der Waals surface area contributed by atoms with E-state index in [1.807, 2.05) is 84.9 Å². The van der Waals surface area contributed by atoms with E-state index in [1.165, 1.54) is 4.90 Å². The van der Waals surface area contributed by atoms with Crippen LogP contribution in [0.25, 0.3) is 0 Å². The zero-order chi connectivity index (χ0) is 26.5. The number of nitrogens with zero attached hydrogens (tertiary/aromatic N) is 1. The Morgan fingerprint density at radius 1 is 0.895 bits per heavy atom. The van der Waals surface area contributed by atoms with Crippen LogP contribution < -0.4 is 20.9 Å². The van der Waals surface area contributed by atoms with Crippen LogP contribution in [0.15, 0.2) is 84.9 Å². The number of hydrogen-bond donors (Lipinski definition) is 3. The maximum atomic E-state index is 14.2. The fraction of sp³-hybridized carbons (Fsp3) is 0.267. The van der Waals surface area contributed by atoms with E-state index in [2.05, 4.69) is 16.0 Å². The van der Waals surface area contributed by atoms with Crippen LogP contribution in [-0.4, -0.2) is 42.3 Å². The molecule has 8 heteroatoms.